The second-order valence-corrected chi connectivity index (χ2v) is 5.98. The Balaban J connectivity index is 2.40. The lowest BCUT2D eigenvalue weighted by Crippen LogP contribution is -2.26. The molecule has 0 heterocycles. The third-order valence-corrected chi connectivity index (χ3v) is 3.74. The van der Waals surface area contributed by atoms with Crippen molar-refractivity contribution in [1.29, 1.82) is 0 Å². The van der Waals surface area contributed by atoms with Crippen LogP contribution in [0, 0.1) is 5.92 Å². The van der Waals surface area contributed by atoms with Crippen molar-refractivity contribution < 1.29 is 4.79 Å². The van der Waals surface area contributed by atoms with E-state index < -0.39 is 0 Å². The van der Waals surface area contributed by atoms with Crippen molar-refractivity contribution in [2.45, 2.75) is 39.2 Å². The predicted molar refractivity (Wildman–Crippen MR) is 82.8 cm³/mol. The number of nitrogens with two attached hydrogens (primary N) is 1. The molecule has 4 heteroatoms. The summed E-state index contributed by atoms with van der Waals surface area (Å²) in [4.78, 5) is 11.9. The lowest BCUT2D eigenvalue weighted by molar-refractivity contribution is -0.122. The first-order chi connectivity index (χ1) is 9.02. The van der Waals surface area contributed by atoms with Crippen LogP contribution in [0.5, 0.6) is 0 Å². The van der Waals surface area contributed by atoms with Crippen molar-refractivity contribution >= 4 is 21.8 Å². The van der Waals surface area contributed by atoms with Crippen molar-refractivity contribution in [3.8, 4) is 0 Å². The molecule has 0 aliphatic rings. The number of carbonyl (C=O) groups is 1. The number of nitrogens with one attached hydrogen (secondary N) is 1. The zero-order valence-corrected chi connectivity index (χ0v) is 13.2. The van der Waals surface area contributed by atoms with Gasteiger partial charge in [0.15, 0.2) is 0 Å². The fourth-order valence-electron chi connectivity index (χ4n) is 1.98. The third-order valence-electron chi connectivity index (χ3n) is 3.25. The minimum absolute atomic E-state index is 0.0369. The van der Waals surface area contributed by atoms with Gasteiger partial charge in [0.2, 0.25) is 5.91 Å². The lowest BCUT2D eigenvalue weighted by atomic mass is 10.0. The summed E-state index contributed by atoms with van der Waals surface area (Å²) >= 11 is 3.44. The van der Waals surface area contributed by atoms with Gasteiger partial charge in [-0.1, -0.05) is 35.0 Å². The van der Waals surface area contributed by atoms with E-state index in [2.05, 4.69) is 28.2 Å². The summed E-state index contributed by atoms with van der Waals surface area (Å²) in [5.41, 5.74) is 6.61. The molecule has 106 valence electrons. The number of carbonyl (C=O) groups excluding carboxylic acids is 1. The van der Waals surface area contributed by atoms with Gasteiger partial charge in [-0.15, -0.1) is 0 Å². The molecule has 0 bridgehead atoms. The maximum absolute atomic E-state index is 11.9. The minimum atomic E-state index is 0.0369. The molecule has 0 fully saturated rings. The zero-order chi connectivity index (χ0) is 14.3. The van der Waals surface area contributed by atoms with Crippen LogP contribution in [0.25, 0.3) is 0 Å². The van der Waals surface area contributed by atoms with E-state index in [-0.39, 0.29) is 11.9 Å². The van der Waals surface area contributed by atoms with E-state index in [1.165, 1.54) is 0 Å². The van der Waals surface area contributed by atoms with Crippen molar-refractivity contribution in [2.24, 2.45) is 11.7 Å². The normalized spacial score (nSPS) is 13.9. The molecule has 1 aromatic rings. The topological polar surface area (TPSA) is 55.1 Å². The quantitative estimate of drug-likeness (QED) is 0.806. The van der Waals surface area contributed by atoms with Gasteiger partial charge >= 0.3 is 0 Å². The third kappa shape index (κ3) is 6.21. The van der Waals surface area contributed by atoms with Crippen molar-refractivity contribution in [1.82, 2.24) is 5.32 Å². The molecule has 1 aromatic carbocycles. The molecule has 3 N–H and O–H groups in total. The van der Waals surface area contributed by atoms with E-state index in [1.807, 2.05) is 31.2 Å². The highest BCUT2D eigenvalue weighted by atomic mass is 79.9. The van der Waals surface area contributed by atoms with Gasteiger partial charge in [0.05, 0.1) is 6.04 Å². The van der Waals surface area contributed by atoms with E-state index in [0.717, 1.165) is 22.9 Å². The Bertz CT molecular complexity index is 409. The Morgan fingerprint density at radius 1 is 1.37 bits per heavy atom. The van der Waals surface area contributed by atoms with Gasteiger partial charge in [0.25, 0.3) is 0 Å². The number of benzene rings is 1. The van der Waals surface area contributed by atoms with E-state index in [1.54, 1.807) is 0 Å². The van der Waals surface area contributed by atoms with E-state index in [0.29, 0.717) is 18.9 Å². The number of amides is 1. The molecular weight excluding hydrogens is 304 g/mol. The molecule has 0 radical (unpaired) electrons. The Labute approximate surface area is 124 Å². The fraction of sp³-hybridized carbons (Fsp3) is 0.533. The highest BCUT2D eigenvalue weighted by Crippen LogP contribution is 2.18. The van der Waals surface area contributed by atoms with E-state index >= 15 is 0 Å². The smallest absolute Gasteiger partial charge is 0.220 e. The van der Waals surface area contributed by atoms with Crippen molar-refractivity contribution in [2.75, 3.05) is 6.54 Å². The average Bonchev–Trinajstić information content (AvgIpc) is 2.36. The number of halogens is 1. The molecule has 1 unspecified atom stereocenters. The van der Waals surface area contributed by atoms with E-state index in [9.17, 15) is 4.79 Å². The molecule has 1 amide bonds. The number of hydrogen-bond acceptors (Lipinski definition) is 2. The molecule has 0 aliphatic heterocycles. The Morgan fingerprint density at radius 3 is 2.74 bits per heavy atom. The first-order valence-corrected chi connectivity index (χ1v) is 7.57. The van der Waals surface area contributed by atoms with E-state index in [4.69, 9.17) is 5.73 Å². The molecule has 0 aliphatic carbocycles. The first-order valence-electron chi connectivity index (χ1n) is 6.77. The van der Waals surface area contributed by atoms with Crippen LogP contribution in [0.2, 0.25) is 0 Å². The summed E-state index contributed by atoms with van der Waals surface area (Å²) in [5.74, 6) is 0.619. The van der Waals surface area contributed by atoms with Gasteiger partial charge < -0.3 is 11.1 Å². The molecule has 0 saturated heterocycles. The van der Waals surface area contributed by atoms with Crippen LogP contribution >= 0.6 is 15.9 Å². The molecule has 19 heavy (non-hydrogen) atoms. The van der Waals surface area contributed by atoms with Crippen LogP contribution in [0.4, 0.5) is 0 Å². The van der Waals surface area contributed by atoms with Gasteiger partial charge in [-0.25, -0.2) is 0 Å². The molecule has 0 spiro atoms. The molecule has 0 saturated carbocycles. The van der Waals surface area contributed by atoms with Gasteiger partial charge in [0.1, 0.15) is 0 Å². The van der Waals surface area contributed by atoms with Crippen LogP contribution < -0.4 is 11.1 Å². The highest BCUT2D eigenvalue weighted by Gasteiger charge is 2.11. The Morgan fingerprint density at radius 2 is 2.11 bits per heavy atom. The fourth-order valence-corrected chi connectivity index (χ4v) is 2.40. The summed E-state index contributed by atoms with van der Waals surface area (Å²) in [6, 6.07) is 8.04. The summed E-state index contributed by atoms with van der Waals surface area (Å²) < 4.78 is 1.03. The minimum Gasteiger partial charge on any atom is -0.350 e. The van der Waals surface area contributed by atoms with Crippen molar-refractivity contribution in [3.05, 3.63) is 34.3 Å². The first kappa shape index (κ1) is 16.2. The highest BCUT2D eigenvalue weighted by molar-refractivity contribution is 9.10. The summed E-state index contributed by atoms with van der Waals surface area (Å²) in [7, 11) is 0. The summed E-state index contributed by atoms with van der Waals surface area (Å²) in [6.45, 7) is 4.83. The van der Waals surface area contributed by atoms with Gasteiger partial charge in [-0.2, -0.15) is 0 Å². The van der Waals surface area contributed by atoms with Crippen LogP contribution in [0.1, 0.15) is 44.7 Å². The molecule has 0 aromatic heterocycles. The molecular formula is C15H23BrN2O. The van der Waals surface area contributed by atoms with Crippen LogP contribution in [-0.4, -0.2) is 12.5 Å². The average molecular weight is 327 g/mol. The molecule has 3 nitrogen and oxygen atoms in total. The van der Waals surface area contributed by atoms with Crippen LogP contribution in [-0.2, 0) is 4.79 Å². The second kappa shape index (κ2) is 8.33. The van der Waals surface area contributed by atoms with Gasteiger partial charge in [-0.3, -0.25) is 4.79 Å². The summed E-state index contributed by atoms with van der Waals surface area (Å²) in [6.07, 6.45) is 2.45. The van der Waals surface area contributed by atoms with Crippen LogP contribution in [0.15, 0.2) is 28.7 Å². The summed E-state index contributed by atoms with van der Waals surface area (Å²) in [5, 5.41) is 3.03. The standard InChI is InChI=1S/C15H23BrN2O/c1-11(8-9-17)6-7-15(19)18-12(2)13-4-3-5-14(16)10-13/h3-5,10-12H,6-9,17H2,1-2H3,(H,18,19)/t11?,12-/m0/s1. The second-order valence-electron chi connectivity index (χ2n) is 5.07. The zero-order valence-electron chi connectivity index (χ0n) is 11.7. The largest absolute Gasteiger partial charge is 0.350 e. The Kier molecular flexibility index (Phi) is 7.10. The predicted octanol–water partition coefficient (Wildman–Crippen LogP) is 3.39. The maximum atomic E-state index is 11.9. The maximum Gasteiger partial charge on any atom is 0.220 e. The molecule has 1 rings (SSSR count). The molecule has 2 atom stereocenters. The van der Waals surface area contributed by atoms with Gasteiger partial charge in [-0.05, 0) is 49.9 Å². The number of rotatable bonds is 7. The SMILES string of the molecule is CC(CCN)CCC(=O)N[C@@H](C)c1cccc(Br)c1. The number of hydrogen-bond donors (Lipinski definition) is 2. The van der Waals surface area contributed by atoms with Gasteiger partial charge in [0, 0.05) is 10.9 Å². The lowest BCUT2D eigenvalue weighted by Gasteiger charge is -2.16. The van der Waals surface area contributed by atoms with Crippen molar-refractivity contribution in [3.63, 3.8) is 0 Å². The van der Waals surface area contributed by atoms with Crippen LogP contribution in [0.3, 0.4) is 0 Å². The monoisotopic (exact) mass is 326 g/mol. The Hall–Kier alpha value is -0.870.